The SMILES string of the molecule is Cc1cc(C)c(S(=O)(=O)N[C@H](C)c2ccc(C(C)(C)C)cc2)c(C)c1. The Hall–Kier alpha value is -1.65. The van der Waals surface area contributed by atoms with E-state index in [1.54, 1.807) is 0 Å². The maximum atomic E-state index is 12.9. The summed E-state index contributed by atoms with van der Waals surface area (Å²) < 4.78 is 28.6. The molecule has 4 heteroatoms. The zero-order valence-electron chi connectivity index (χ0n) is 16.3. The number of hydrogen-bond donors (Lipinski definition) is 1. The van der Waals surface area contributed by atoms with Crippen LogP contribution >= 0.6 is 0 Å². The molecule has 0 amide bonds. The lowest BCUT2D eigenvalue weighted by molar-refractivity contribution is 0.564. The van der Waals surface area contributed by atoms with Crippen molar-refractivity contribution in [2.75, 3.05) is 0 Å². The van der Waals surface area contributed by atoms with Crippen LogP contribution in [0.4, 0.5) is 0 Å². The van der Waals surface area contributed by atoms with E-state index in [1.165, 1.54) is 5.56 Å². The van der Waals surface area contributed by atoms with Gasteiger partial charge in [0.2, 0.25) is 10.0 Å². The molecule has 0 spiro atoms. The molecule has 0 radical (unpaired) electrons. The van der Waals surface area contributed by atoms with Gasteiger partial charge in [-0.15, -0.1) is 0 Å². The van der Waals surface area contributed by atoms with E-state index >= 15 is 0 Å². The second-order valence-electron chi connectivity index (χ2n) is 7.94. The second kappa shape index (κ2) is 6.93. The lowest BCUT2D eigenvalue weighted by atomic mass is 9.86. The largest absolute Gasteiger partial charge is 0.241 e. The molecule has 136 valence electrons. The zero-order valence-corrected chi connectivity index (χ0v) is 17.1. The minimum Gasteiger partial charge on any atom is -0.207 e. The Bertz CT molecular complexity index is 837. The average molecular weight is 360 g/mol. The van der Waals surface area contributed by atoms with Crippen molar-refractivity contribution in [1.29, 1.82) is 0 Å². The molecular formula is C21H29NO2S. The third-order valence-corrected chi connectivity index (χ3v) is 6.33. The highest BCUT2D eigenvalue weighted by Crippen LogP contribution is 2.26. The Morgan fingerprint density at radius 3 is 1.84 bits per heavy atom. The van der Waals surface area contributed by atoms with Crippen LogP contribution in [0.3, 0.4) is 0 Å². The maximum Gasteiger partial charge on any atom is 0.241 e. The van der Waals surface area contributed by atoms with E-state index in [2.05, 4.69) is 37.6 Å². The fourth-order valence-corrected chi connectivity index (χ4v) is 4.91. The molecule has 0 aromatic heterocycles. The summed E-state index contributed by atoms with van der Waals surface area (Å²) in [5, 5.41) is 0. The van der Waals surface area contributed by atoms with Crippen LogP contribution in [0.15, 0.2) is 41.3 Å². The van der Waals surface area contributed by atoms with E-state index in [-0.39, 0.29) is 11.5 Å². The zero-order chi connectivity index (χ0) is 19.0. The van der Waals surface area contributed by atoms with Gasteiger partial charge in [-0.05, 0) is 55.4 Å². The summed E-state index contributed by atoms with van der Waals surface area (Å²) in [7, 11) is -3.57. The number of aryl methyl sites for hydroxylation is 3. The molecule has 0 heterocycles. The lowest BCUT2D eigenvalue weighted by Crippen LogP contribution is -2.28. The highest BCUT2D eigenvalue weighted by Gasteiger charge is 2.23. The van der Waals surface area contributed by atoms with Crippen LogP contribution in [-0.4, -0.2) is 8.42 Å². The number of hydrogen-bond acceptors (Lipinski definition) is 2. The van der Waals surface area contributed by atoms with Gasteiger partial charge >= 0.3 is 0 Å². The monoisotopic (exact) mass is 359 g/mol. The molecule has 2 rings (SSSR count). The van der Waals surface area contributed by atoms with Gasteiger partial charge in [0, 0.05) is 6.04 Å². The lowest BCUT2D eigenvalue weighted by Gasteiger charge is -2.21. The molecule has 0 unspecified atom stereocenters. The topological polar surface area (TPSA) is 46.2 Å². The van der Waals surface area contributed by atoms with Crippen molar-refractivity contribution in [3.05, 3.63) is 64.2 Å². The predicted molar refractivity (Wildman–Crippen MR) is 105 cm³/mol. The molecular weight excluding hydrogens is 330 g/mol. The normalized spacial score (nSPS) is 13.7. The first kappa shape index (κ1) is 19.7. The summed E-state index contributed by atoms with van der Waals surface area (Å²) >= 11 is 0. The first-order valence-corrected chi connectivity index (χ1v) is 10.1. The van der Waals surface area contributed by atoms with E-state index in [0.29, 0.717) is 4.90 Å². The summed E-state index contributed by atoms with van der Waals surface area (Å²) in [6.07, 6.45) is 0. The van der Waals surface area contributed by atoms with Crippen molar-refractivity contribution in [1.82, 2.24) is 4.72 Å². The fourth-order valence-electron chi connectivity index (χ4n) is 3.22. The van der Waals surface area contributed by atoms with E-state index in [9.17, 15) is 8.42 Å². The Morgan fingerprint density at radius 1 is 0.920 bits per heavy atom. The molecule has 2 aromatic rings. The van der Waals surface area contributed by atoms with Crippen LogP contribution < -0.4 is 4.72 Å². The van der Waals surface area contributed by atoms with Crippen molar-refractivity contribution in [3.63, 3.8) is 0 Å². The van der Waals surface area contributed by atoms with Crippen molar-refractivity contribution >= 4 is 10.0 Å². The standard InChI is InChI=1S/C21H29NO2S/c1-14-12-15(2)20(16(3)13-14)25(23,24)22-17(4)18-8-10-19(11-9-18)21(5,6)7/h8-13,17,22H,1-7H3/t17-/m1/s1. The highest BCUT2D eigenvalue weighted by atomic mass is 32.2. The van der Waals surface area contributed by atoms with Gasteiger partial charge < -0.3 is 0 Å². The molecule has 2 aromatic carbocycles. The molecule has 1 N–H and O–H groups in total. The van der Waals surface area contributed by atoms with Gasteiger partial charge in [0.15, 0.2) is 0 Å². The van der Waals surface area contributed by atoms with Gasteiger partial charge in [-0.3, -0.25) is 0 Å². The van der Waals surface area contributed by atoms with Crippen molar-refractivity contribution in [2.24, 2.45) is 0 Å². The fraction of sp³-hybridized carbons (Fsp3) is 0.429. The van der Waals surface area contributed by atoms with Crippen molar-refractivity contribution in [3.8, 4) is 0 Å². The molecule has 0 aliphatic heterocycles. The van der Waals surface area contributed by atoms with Crippen LogP contribution in [-0.2, 0) is 15.4 Å². The van der Waals surface area contributed by atoms with E-state index < -0.39 is 10.0 Å². The van der Waals surface area contributed by atoms with Crippen LogP contribution in [0.1, 0.15) is 61.6 Å². The number of benzene rings is 2. The van der Waals surface area contributed by atoms with Gasteiger partial charge in [0.05, 0.1) is 4.90 Å². The van der Waals surface area contributed by atoms with Crippen LogP contribution in [0.2, 0.25) is 0 Å². The second-order valence-corrected chi connectivity index (χ2v) is 9.59. The quantitative estimate of drug-likeness (QED) is 0.839. The maximum absolute atomic E-state index is 12.9. The van der Waals surface area contributed by atoms with Gasteiger partial charge in [-0.1, -0.05) is 62.7 Å². The third kappa shape index (κ3) is 4.50. The molecule has 3 nitrogen and oxygen atoms in total. The van der Waals surface area contributed by atoms with Gasteiger partial charge in [0.25, 0.3) is 0 Å². The molecule has 25 heavy (non-hydrogen) atoms. The minimum atomic E-state index is -3.57. The smallest absolute Gasteiger partial charge is 0.207 e. The highest BCUT2D eigenvalue weighted by molar-refractivity contribution is 7.89. The molecule has 0 bridgehead atoms. The molecule has 0 aliphatic rings. The molecule has 0 fully saturated rings. The van der Waals surface area contributed by atoms with Crippen LogP contribution in [0, 0.1) is 20.8 Å². The third-order valence-electron chi connectivity index (χ3n) is 4.48. The summed E-state index contributed by atoms with van der Waals surface area (Å²) in [5.41, 5.74) is 4.90. The first-order chi connectivity index (χ1) is 11.4. The first-order valence-electron chi connectivity index (χ1n) is 8.62. The minimum absolute atomic E-state index is 0.0807. The molecule has 1 atom stereocenters. The summed E-state index contributed by atoms with van der Waals surface area (Å²) in [6.45, 7) is 14.0. The van der Waals surface area contributed by atoms with Gasteiger partial charge in [-0.2, -0.15) is 0 Å². The summed E-state index contributed by atoms with van der Waals surface area (Å²) in [5.74, 6) is 0. The Balaban J connectivity index is 2.29. The summed E-state index contributed by atoms with van der Waals surface area (Å²) in [6, 6.07) is 11.7. The number of rotatable bonds is 4. The van der Waals surface area contributed by atoms with Crippen LogP contribution in [0.25, 0.3) is 0 Å². The average Bonchev–Trinajstić information content (AvgIpc) is 2.44. The predicted octanol–water partition coefficient (Wildman–Crippen LogP) is 4.95. The van der Waals surface area contributed by atoms with Crippen molar-refractivity contribution < 1.29 is 8.42 Å². The Labute approximate surface area is 152 Å². The van der Waals surface area contributed by atoms with Crippen LogP contribution in [0.5, 0.6) is 0 Å². The number of nitrogens with one attached hydrogen (secondary N) is 1. The van der Waals surface area contributed by atoms with Gasteiger partial charge in [-0.25, -0.2) is 13.1 Å². The molecule has 0 saturated carbocycles. The number of sulfonamides is 1. The Morgan fingerprint density at radius 2 is 1.40 bits per heavy atom. The summed E-state index contributed by atoms with van der Waals surface area (Å²) in [4.78, 5) is 0.385. The Kier molecular flexibility index (Phi) is 5.45. The van der Waals surface area contributed by atoms with Crippen molar-refractivity contribution in [2.45, 2.75) is 64.8 Å². The van der Waals surface area contributed by atoms with Gasteiger partial charge in [0.1, 0.15) is 0 Å². The molecule has 0 saturated heterocycles. The van der Waals surface area contributed by atoms with E-state index in [4.69, 9.17) is 0 Å². The molecule has 0 aliphatic carbocycles. The van der Waals surface area contributed by atoms with E-state index in [1.807, 2.05) is 52.0 Å². The van der Waals surface area contributed by atoms with E-state index in [0.717, 1.165) is 22.3 Å².